The highest BCUT2D eigenvalue weighted by atomic mass is 32.1. The van der Waals surface area contributed by atoms with Crippen molar-refractivity contribution in [3.8, 4) is 0 Å². The summed E-state index contributed by atoms with van der Waals surface area (Å²) in [5, 5.41) is 18.1. The van der Waals surface area contributed by atoms with Crippen LogP contribution in [0.1, 0.15) is 76.7 Å². The molecule has 8 heterocycles. The lowest BCUT2D eigenvalue weighted by Gasteiger charge is -2.31. The predicted molar refractivity (Wildman–Crippen MR) is 224 cm³/mol. The van der Waals surface area contributed by atoms with E-state index in [4.69, 9.17) is 0 Å². The van der Waals surface area contributed by atoms with Crippen molar-refractivity contribution in [2.24, 2.45) is 21.8 Å². The SMILES string of the molecule is CCN(C(=O)[C@H]1CCc2c(sc3ncnc(Nc4cc5c(cn4)CN=C5)c23)C1)C(C)C.O=C(O)[C@H]1CCc2c(sc3ncnc(Nc4cc5c(cn4)CN=C5)c23)C1. The second-order valence-corrected chi connectivity index (χ2v) is 17.1. The van der Waals surface area contributed by atoms with Crippen LogP contribution in [0.3, 0.4) is 0 Å². The van der Waals surface area contributed by atoms with Gasteiger partial charge in [0.25, 0.3) is 0 Å². The molecule has 6 aromatic rings. The highest BCUT2D eigenvalue weighted by Gasteiger charge is 2.32. The van der Waals surface area contributed by atoms with E-state index in [2.05, 4.69) is 71.3 Å². The summed E-state index contributed by atoms with van der Waals surface area (Å²) < 4.78 is 0. The number of nitrogens with zero attached hydrogens (tertiary/aromatic N) is 9. The Morgan fingerprint density at radius 3 is 1.77 bits per heavy atom. The van der Waals surface area contributed by atoms with Crippen molar-refractivity contribution in [1.29, 1.82) is 0 Å². The fourth-order valence-electron chi connectivity index (χ4n) is 8.21. The summed E-state index contributed by atoms with van der Waals surface area (Å²) in [4.78, 5) is 66.0. The van der Waals surface area contributed by atoms with Crippen molar-refractivity contribution in [3.05, 3.63) is 80.3 Å². The van der Waals surface area contributed by atoms with Gasteiger partial charge in [0.05, 0.1) is 29.8 Å². The molecule has 4 aliphatic rings. The van der Waals surface area contributed by atoms with Crippen LogP contribution < -0.4 is 10.6 Å². The number of pyridine rings is 2. The number of aliphatic imine (C=N–C) groups is 2. The monoisotopic (exact) mass is 799 g/mol. The number of nitrogens with one attached hydrogen (secondary N) is 2. The largest absolute Gasteiger partial charge is 0.481 e. The Morgan fingerprint density at radius 2 is 1.28 bits per heavy atom. The van der Waals surface area contributed by atoms with Crippen LogP contribution in [-0.2, 0) is 48.4 Å². The normalized spacial score (nSPS) is 17.5. The summed E-state index contributed by atoms with van der Waals surface area (Å²) >= 11 is 3.26. The van der Waals surface area contributed by atoms with Crippen molar-refractivity contribution in [1.82, 2.24) is 34.8 Å². The van der Waals surface area contributed by atoms with E-state index in [1.54, 1.807) is 29.0 Å². The van der Waals surface area contributed by atoms with Crippen LogP contribution in [0.15, 0.2) is 47.2 Å². The third-order valence-corrected chi connectivity index (χ3v) is 13.5. The molecule has 10 rings (SSSR count). The molecule has 0 bridgehead atoms. The maximum Gasteiger partial charge on any atom is 0.306 e. The van der Waals surface area contributed by atoms with Crippen LogP contribution in [0.4, 0.5) is 23.3 Å². The number of amides is 1. The molecular formula is C41H41N11O3S2. The molecule has 290 valence electrons. The van der Waals surface area contributed by atoms with E-state index in [1.807, 2.05) is 41.9 Å². The molecule has 3 N–H and O–H groups in total. The first-order valence-corrected chi connectivity index (χ1v) is 20.9. The minimum Gasteiger partial charge on any atom is -0.481 e. The number of aryl methyl sites for hydroxylation is 2. The molecule has 0 radical (unpaired) electrons. The maximum atomic E-state index is 13.1. The fourth-order valence-corrected chi connectivity index (χ4v) is 10.7. The summed E-state index contributed by atoms with van der Waals surface area (Å²) in [7, 11) is 0. The van der Waals surface area contributed by atoms with Gasteiger partial charge in [-0.1, -0.05) is 0 Å². The minimum atomic E-state index is -0.721. The number of carboxylic acid groups (broad SMARTS) is 1. The van der Waals surface area contributed by atoms with Crippen LogP contribution >= 0.6 is 22.7 Å². The average molecular weight is 800 g/mol. The summed E-state index contributed by atoms with van der Waals surface area (Å²) in [6, 6.07) is 4.21. The molecular weight excluding hydrogens is 759 g/mol. The van der Waals surface area contributed by atoms with Gasteiger partial charge in [0, 0.05) is 75.3 Å². The Balaban J connectivity index is 0.000000150. The molecule has 0 aromatic carbocycles. The van der Waals surface area contributed by atoms with E-state index in [0.29, 0.717) is 25.9 Å². The number of carbonyl (C=O) groups is 2. The van der Waals surface area contributed by atoms with Gasteiger partial charge in [-0.25, -0.2) is 29.9 Å². The first kappa shape index (κ1) is 36.9. The van der Waals surface area contributed by atoms with Crippen molar-refractivity contribution in [3.63, 3.8) is 0 Å². The zero-order chi connectivity index (χ0) is 39.2. The van der Waals surface area contributed by atoms with Gasteiger partial charge in [0.15, 0.2) is 0 Å². The zero-order valence-corrected chi connectivity index (χ0v) is 33.5. The van der Waals surface area contributed by atoms with Crippen molar-refractivity contribution >= 4 is 90.7 Å². The van der Waals surface area contributed by atoms with Crippen LogP contribution in [-0.4, -0.2) is 76.8 Å². The summed E-state index contributed by atoms with van der Waals surface area (Å²) in [5.74, 6) is 2.27. The molecule has 2 aliphatic carbocycles. The minimum absolute atomic E-state index is 0.0462. The van der Waals surface area contributed by atoms with Crippen LogP contribution in [0.25, 0.3) is 20.4 Å². The van der Waals surface area contributed by atoms with Crippen LogP contribution in [0.5, 0.6) is 0 Å². The van der Waals surface area contributed by atoms with Gasteiger partial charge >= 0.3 is 5.97 Å². The lowest BCUT2D eigenvalue weighted by Crippen LogP contribution is -2.42. The highest BCUT2D eigenvalue weighted by Crippen LogP contribution is 2.42. The van der Waals surface area contributed by atoms with E-state index in [-0.39, 0.29) is 23.8 Å². The average Bonchev–Trinajstić information content (AvgIpc) is 4.02. The zero-order valence-electron chi connectivity index (χ0n) is 31.8. The van der Waals surface area contributed by atoms with Crippen LogP contribution in [0.2, 0.25) is 0 Å². The van der Waals surface area contributed by atoms with Gasteiger partial charge < -0.3 is 20.6 Å². The molecule has 16 heteroatoms. The Morgan fingerprint density at radius 1 is 0.772 bits per heavy atom. The number of aromatic nitrogens is 6. The number of carboxylic acids is 1. The maximum absolute atomic E-state index is 13.1. The van der Waals surface area contributed by atoms with Crippen molar-refractivity contribution in [2.75, 3.05) is 17.2 Å². The van der Waals surface area contributed by atoms with E-state index in [1.165, 1.54) is 22.3 Å². The lowest BCUT2D eigenvalue weighted by atomic mass is 9.86. The topological polar surface area (TPSA) is 184 Å². The standard InChI is InChI=1S/C23H26N6OS.C18H15N5O2S/c1-4-29(13(2)3)23(30)14-5-6-17-18(7-14)31-22-20(17)21(26-12-27-22)28-19-8-15-9-24-10-16(15)11-25-19;24-18(25)9-1-2-12-13(3-9)26-17-15(12)16(21-8-22-17)23-14-4-10-5-19-6-11(10)7-20-14/h8-9,11-14H,4-7,10H2,1-3H3,(H,25,26,27,28);4-5,7-9H,1-3,6H2,(H,24,25)(H,20,21,22,23)/t14-;9-/m00/s1. The quantitative estimate of drug-likeness (QED) is 0.143. The van der Waals surface area contributed by atoms with Gasteiger partial charge in [0.2, 0.25) is 5.91 Å². The molecule has 0 spiro atoms. The summed E-state index contributed by atoms with van der Waals surface area (Å²) in [6.45, 7) is 8.36. The van der Waals surface area contributed by atoms with E-state index >= 15 is 0 Å². The van der Waals surface area contributed by atoms with Gasteiger partial charge in [0.1, 0.15) is 45.6 Å². The number of fused-ring (bicyclic) bond motifs is 8. The van der Waals surface area contributed by atoms with Crippen molar-refractivity contribution < 1.29 is 14.7 Å². The van der Waals surface area contributed by atoms with E-state index in [9.17, 15) is 14.7 Å². The number of hydrogen-bond donors (Lipinski definition) is 3. The molecule has 2 aliphatic heterocycles. The first-order chi connectivity index (χ1) is 27.7. The predicted octanol–water partition coefficient (Wildman–Crippen LogP) is 7.08. The lowest BCUT2D eigenvalue weighted by molar-refractivity contribution is -0.142. The smallest absolute Gasteiger partial charge is 0.306 e. The van der Waals surface area contributed by atoms with Crippen LogP contribution in [0, 0.1) is 11.8 Å². The summed E-state index contributed by atoms with van der Waals surface area (Å²) in [5.41, 5.74) is 6.89. The van der Waals surface area contributed by atoms with Gasteiger partial charge in [-0.15, -0.1) is 22.7 Å². The molecule has 2 atom stereocenters. The molecule has 0 fully saturated rings. The second-order valence-electron chi connectivity index (χ2n) is 15.0. The molecule has 0 unspecified atom stereocenters. The Labute approximate surface area is 336 Å². The van der Waals surface area contributed by atoms with Gasteiger partial charge in [-0.05, 0) is 82.6 Å². The molecule has 1 amide bonds. The van der Waals surface area contributed by atoms with Gasteiger partial charge in [-0.3, -0.25) is 19.6 Å². The highest BCUT2D eigenvalue weighted by molar-refractivity contribution is 7.19. The number of thiophene rings is 2. The fraction of sp³-hybridized carbons (Fsp3) is 0.366. The third kappa shape index (κ3) is 7.12. The van der Waals surface area contributed by atoms with E-state index in [0.717, 1.165) is 103 Å². The first-order valence-electron chi connectivity index (χ1n) is 19.3. The number of anilines is 4. The van der Waals surface area contributed by atoms with Gasteiger partial charge in [-0.2, -0.15) is 0 Å². The Kier molecular flexibility index (Phi) is 9.90. The van der Waals surface area contributed by atoms with Crippen molar-refractivity contribution in [2.45, 2.75) is 78.4 Å². The Bertz CT molecular complexity index is 2620. The molecule has 14 nitrogen and oxygen atoms in total. The molecule has 0 saturated carbocycles. The molecule has 6 aromatic heterocycles. The number of carbonyl (C=O) groups excluding carboxylic acids is 1. The Hall–Kier alpha value is -5.74. The number of rotatable bonds is 8. The molecule has 0 saturated heterocycles. The van der Waals surface area contributed by atoms with E-state index < -0.39 is 5.97 Å². The second kappa shape index (κ2) is 15.3. The number of aliphatic carboxylic acids is 1. The third-order valence-electron chi connectivity index (χ3n) is 11.2. The number of hydrogen-bond acceptors (Lipinski definition) is 14. The summed E-state index contributed by atoms with van der Waals surface area (Å²) in [6.07, 6.45) is 15.1. The molecule has 57 heavy (non-hydrogen) atoms.